The Balaban J connectivity index is 2.00. The number of likely N-dealkylation sites (tertiary alicyclic amines) is 1. The first-order valence-corrected chi connectivity index (χ1v) is 5.52. The third-order valence-corrected chi connectivity index (χ3v) is 2.89. The lowest BCUT2D eigenvalue weighted by molar-refractivity contribution is 0.0694. The van der Waals surface area contributed by atoms with E-state index in [0.717, 1.165) is 19.6 Å². The molecule has 0 aromatic carbocycles. The predicted molar refractivity (Wildman–Crippen MR) is 58.4 cm³/mol. The zero-order chi connectivity index (χ0) is 11.4. The van der Waals surface area contributed by atoms with Gasteiger partial charge in [-0.2, -0.15) is 0 Å². The molecule has 5 nitrogen and oxygen atoms in total. The van der Waals surface area contributed by atoms with Crippen molar-refractivity contribution in [2.24, 2.45) is 0 Å². The third kappa shape index (κ3) is 2.55. The lowest BCUT2D eigenvalue weighted by Crippen LogP contribution is -2.23. The van der Waals surface area contributed by atoms with Gasteiger partial charge in [-0.15, -0.1) is 0 Å². The molecule has 0 bridgehead atoms. The predicted octanol–water partition coefficient (Wildman–Crippen LogP) is 0.813. The smallest absolute Gasteiger partial charge is 0.339 e. The Morgan fingerprint density at radius 3 is 2.88 bits per heavy atom. The van der Waals surface area contributed by atoms with E-state index in [1.54, 1.807) is 0 Å². The average Bonchev–Trinajstić information content (AvgIpc) is 2.79. The largest absolute Gasteiger partial charge is 0.478 e. The molecule has 86 valence electrons. The van der Waals surface area contributed by atoms with Gasteiger partial charge in [0.1, 0.15) is 6.33 Å². The molecule has 0 saturated carbocycles. The molecule has 0 spiro atoms. The van der Waals surface area contributed by atoms with Crippen LogP contribution in [0.1, 0.15) is 28.9 Å². The first kappa shape index (κ1) is 11.0. The van der Waals surface area contributed by atoms with Crippen molar-refractivity contribution < 1.29 is 9.90 Å². The van der Waals surface area contributed by atoms with Gasteiger partial charge in [-0.3, -0.25) is 0 Å². The number of carbonyl (C=O) groups is 1. The van der Waals surface area contributed by atoms with Gasteiger partial charge in [-0.25, -0.2) is 14.8 Å². The Morgan fingerprint density at radius 2 is 2.19 bits per heavy atom. The van der Waals surface area contributed by atoms with Gasteiger partial charge >= 0.3 is 5.97 Å². The molecule has 16 heavy (non-hydrogen) atoms. The van der Waals surface area contributed by atoms with E-state index in [-0.39, 0.29) is 5.56 Å². The van der Waals surface area contributed by atoms with Crippen LogP contribution in [-0.2, 0) is 6.42 Å². The summed E-state index contributed by atoms with van der Waals surface area (Å²) in [4.78, 5) is 21.0. The molecule has 2 rings (SSSR count). The van der Waals surface area contributed by atoms with Crippen LogP contribution in [0.15, 0.2) is 12.5 Å². The lowest BCUT2D eigenvalue weighted by Gasteiger charge is -2.14. The number of aromatic carboxylic acids is 1. The van der Waals surface area contributed by atoms with Crippen LogP contribution in [0.25, 0.3) is 0 Å². The van der Waals surface area contributed by atoms with Crippen LogP contribution in [0, 0.1) is 0 Å². The SMILES string of the molecule is O=C(O)c1cncnc1CCN1CCCC1. The van der Waals surface area contributed by atoms with Gasteiger partial charge < -0.3 is 10.0 Å². The molecule has 0 unspecified atom stereocenters. The van der Waals surface area contributed by atoms with E-state index in [1.165, 1.54) is 25.4 Å². The molecule has 0 amide bonds. The molecule has 1 aromatic rings. The Bertz CT molecular complexity index is 375. The van der Waals surface area contributed by atoms with Gasteiger partial charge in [0.15, 0.2) is 0 Å². The van der Waals surface area contributed by atoms with Gasteiger partial charge in [-0.1, -0.05) is 0 Å². The molecule has 1 fully saturated rings. The fourth-order valence-corrected chi connectivity index (χ4v) is 2.00. The third-order valence-electron chi connectivity index (χ3n) is 2.89. The van der Waals surface area contributed by atoms with E-state index >= 15 is 0 Å². The zero-order valence-electron chi connectivity index (χ0n) is 9.09. The van der Waals surface area contributed by atoms with Crippen molar-refractivity contribution in [2.75, 3.05) is 19.6 Å². The molecule has 1 saturated heterocycles. The summed E-state index contributed by atoms with van der Waals surface area (Å²) in [7, 11) is 0. The van der Waals surface area contributed by atoms with Crippen LogP contribution in [0.4, 0.5) is 0 Å². The van der Waals surface area contributed by atoms with Crippen molar-refractivity contribution in [3.8, 4) is 0 Å². The lowest BCUT2D eigenvalue weighted by atomic mass is 10.2. The summed E-state index contributed by atoms with van der Waals surface area (Å²) in [6.07, 6.45) is 5.95. The van der Waals surface area contributed by atoms with E-state index < -0.39 is 5.97 Å². The highest BCUT2D eigenvalue weighted by Gasteiger charge is 2.15. The van der Waals surface area contributed by atoms with Crippen LogP contribution in [0.2, 0.25) is 0 Å². The quantitative estimate of drug-likeness (QED) is 0.815. The minimum atomic E-state index is -0.947. The normalized spacial score (nSPS) is 16.5. The van der Waals surface area contributed by atoms with Gasteiger partial charge in [0, 0.05) is 19.2 Å². The molecule has 0 radical (unpaired) electrons. The van der Waals surface area contributed by atoms with Crippen LogP contribution in [0.5, 0.6) is 0 Å². The Morgan fingerprint density at radius 1 is 1.44 bits per heavy atom. The number of aromatic nitrogens is 2. The maximum Gasteiger partial charge on any atom is 0.339 e. The summed E-state index contributed by atoms with van der Waals surface area (Å²) < 4.78 is 0. The van der Waals surface area contributed by atoms with E-state index in [4.69, 9.17) is 5.11 Å². The van der Waals surface area contributed by atoms with Crippen molar-refractivity contribution >= 4 is 5.97 Å². The van der Waals surface area contributed by atoms with E-state index in [9.17, 15) is 4.79 Å². The van der Waals surface area contributed by atoms with E-state index in [1.807, 2.05) is 0 Å². The van der Waals surface area contributed by atoms with Gasteiger partial charge in [-0.05, 0) is 25.9 Å². The molecule has 5 heteroatoms. The van der Waals surface area contributed by atoms with Crippen molar-refractivity contribution in [1.82, 2.24) is 14.9 Å². The minimum absolute atomic E-state index is 0.224. The molecular formula is C11H15N3O2. The van der Waals surface area contributed by atoms with Crippen LogP contribution >= 0.6 is 0 Å². The highest BCUT2D eigenvalue weighted by Crippen LogP contribution is 2.10. The van der Waals surface area contributed by atoms with Gasteiger partial charge in [0.25, 0.3) is 0 Å². The van der Waals surface area contributed by atoms with E-state index in [2.05, 4.69) is 14.9 Å². The van der Waals surface area contributed by atoms with Crippen LogP contribution in [0.3, 0.4) is 0 Å². The Labute approximate surface area is 94.1 Å². The molecule has 1 N–H and O–H groups in total. The van der Waals surface area contributed by atoms with Crippen molar-refractivity contribution in [1.29, 1.82) is 0 Å². The summed E-state index contributed by atoms with van der Waals surface area (Å²) in [5.41, 5.74) is 0.857. The molecule has 1 aliphatic rings. The zero-order valence-corrected chi connectivity index (χ0v) is 9.09. The molecular weight excluding hydrogens is 206 g/mol. The fourth-order valence-electron chi connectivity index (χ4n) is 2.00. The summed E-state index contributed by atoms with van der Waals surface area (Å²) in [6.45, 7) is 3.12. The number of hydrogen-bond acceptors (Lipinski definition) is 4. The molecule has 0 aliphatic carbocycles. The second-order valence-electron chi connectivity index (χ2n) is 3.99. The van der Waals surface area contributed by atoms with Crippen molar-refractivity contribution in [2.45, 2.75) is 19.3 Å². The fraction of sp³-hybridized carbons (Fsp3) is 0.545. The maximum absolute atomic E-state index is 10.9. The topological polar surface area (TPSA) is 66.3 Å². The highest BCUT2D eigenvalue weighted by atomic mass is 16.4. The summed E-state index contributed by atoms with van der Waals surface area (Å²) in [6, 6.07) is 0. The number of rotatable bonds is 4. The van der Waals surface area contributed by atoms with Gasteiger partial charge in [0.05, 0.1) is 11.3 Å². The van der Waals surface area contributed by atoms with E-state index in [0.29, 0.717) is 12.1 Å². The number of carboxylic acid groups (broad SMARTS) is 1. The van der Waals surface area contributed by atoms with Crippen molar-refractivity contribution in [3.05, 3.63) is 23.8 Å². The van der Waals surface area contributed by atoms with Gasteiger partial charge in [0.2, 0.25) is 0 Å². The second-order valence-corrected chi connectivity index (χ2v) is 3.99. The summed E-state index contributed by atoms with van der Waals surface area (Å²) >= 11 is 0. The monoisotopic (exact) mass is 221 g/mol. The number of hydrogen-bond donors (Lipinski definition) is 1. The first-order chi connectivity index (χ1) is 7.77. The Kier molecular flexibility index (Phi) is 3.46. The summed E-state index contributed by atoms with van der Waals surface area (Å²) in [5.74, 6) is -0.947. The number of carboxylic acids is 1. The molecule has 1 aromatic heterocycles. The average molecular weight is 221 g/mol. The summed E-state index contributed by atoms with van der Waals surface area (Å²) in [5, 5.41) is 8.96. The van der Waals surface area contributed by atoms with Crippen molar-refractivity contribution in [3.63, 3.8) is 0 Å². The highest BCUT2D eigenvalue weighted by molar-refractivity contribution is 5.88. The van der Waals surface area contributed by atoms with Crippen LogP contribution < -0.4 is 0 Å². The molecule has 0 atom stereocenters. The minimum Gasteiger partial charge on any atom is -0.478 e. The molecule has 2 heterocycles. The maximum atomic E-state index is 10.9. The first-order valence-electron chi connectivity index (χ1n) is 5.52. The second kappa shape index (κ2) is 5.03. The van der Waals surface area contributed by atoms with Crippen LogP contribution in [-0.4, -0.2) is 45.6 Å². The standard InChI is InChI=1S/C11H15N3O2/c15-11(16)9-7-12-8-13-10(9)3-6-14-4-1-2-5-14/h7-8H,1-6H2,(H,15,16). The molecule has 1 aliphatic heterocycles. The Hall–Kier alpha value is -1.49. The number of nitrogens with zero attached hydrogens (tertiary/aromatic N) is 3.